The number of hydrogen-bond donors (Lipinski definition) is 1. The van der Waals surface area contributed by atoms with Gasteiger partial charge in [-0.05, 0) is 24.6 Å². The summed E-state index contributed by atoms with van der Waals surface area (Å²) in [6.45, 7) is 2.33. The van der Waals surface area contributed by atoms with Crippen molar-refractivity contribution in [3.05, 3.63) is 40.4 Å². The highest BCUT2D eigenvalue weighted by Gasteiger charge is 2.02. The van der Waals surface area contributed by atoms with Gasteiger partial charge in [-0.25, -0.2) is 9.37 Å². The minimum absolute atomic E-state index is 0.135. The summed E-state index contributed by atoms with van der Waals surface area (Å²) in [5.74, 6) is 0.323. The first-order valence-corrected chi connectivity index (χ1v) is 5.78. The van der Waals surface area contributed by atoms with Crippen molar-refractivity contribution < 1.29 is 4.39 Å². The predicted molar refractivity (Wildman–Crippen MR) is 63.4 cm³/mol. The predicted octanol–water partition coefficient (Wildman–Crippen LogP) is 3.25. The van der Waals surface area contributed by atoms with Crippen LogP contribution in [-0.2, 0) is 6.54 Å². The number of benzene rings is 1. The van der Waals surface area contributed by atoms with E-state index in [1.165, 1.54) is 17.6 Å². The third-order valence-electron chi connectivity index (χ3n) is 1.96. The van der Waals surface area contributed by atoms with Gasteiger partial charge in [0.2, 0.25) is 5.13 Å². The van der Waals surface area contributed by atoms with Crippen LogP contribution < -0.4 is 5.32 Å². The summed E-state index contributed by atoms with van der Waals surface area (Å²) >= 11 is 6.87. The van der Waals surface area contributed by atoms with Crippen molar-refractivity contribution in [2.24, 2.45) is 0 Å². The number of rotatable bonds is 3. The molecule has 0 unspecified atom stereocenters. The fraction of sp³-hybridized carbons (Fsp3) is 0.200. The Morgan fingerprint density at radius 3 is 2.94 bits per heavy atom. The fourth-order valence-corrected chi connectivity index (χ4v) is 1.88. The Labute approximate surface area is 101 Å². The third kappa shape index (κ3) is 2.68. The summed E-state index contributed by atoms with van der Waals surface area (Å²) in [4.78, 5) is 4.14. The molecule has 0 bridgehead atoms. The SMILES string of the molecule is Cc1nsc(NCc2ccc(Cl)c(F)c2)n1. The molecule has 0 aliphatic carbocycles. The average Bonchev–Trinajstić information content (AvgIpc) is 2.66. The summed E-state index contributed by atoms with van der Waals surface area (Å²) in [5, 5.41) is 3.93. The smallest absolute Gasteiger partial charge is 0.202 e. The van der Waals surface area contributed by atoms with Gasteiger partial charge >= 0.3 is 0 Å². The molecule has 2 rings (SSSR count). The third-order valence-corrected chi connectivity index (χ3v) is 3.03. The first-order valence-electron chi connectivity index (χ1n) is 4.63. The zero-order valence-electron chi connectivity index (χ0n) is 8.50. The standard InChI is InChI=1S/C10H9ClFN3S/c1-6-14-10(16-15-6)13-5-7-2-3-8(11)9(12)4-7/h2-4H,5H2,1H3,(H,13,14,15). The lowest BCUT2D eigenvalue weighted by molar-refractivity contribution is 0.626. The van der Waals surface area contributed by atoms with E-state index in [0.717, 1.165) is 16.5 Å². The molecule has 0 atom stereocenters. The maximum absolute atomic E-state index is 13.1. The lowest BCUT2D eigenvalue weighted by Crippen LogP contribution is -1.99. The van der Waals surface area contributed by atoms with Crippen molar-refractivity contribution in [1.29, 1.82) is 0 Å². The maximum Gasteiger partial charge on any atom is 0.202 e. The van der Waals surface area contributed by atoms with Crippen LogP contribution in [0.4, 0.5) is 9.52 Å². The molecule has 1 aromatic heterocycles. The van der Waals surface area contributed by atoms with E-state index in [0.29, 0.717) is 6.54 Å². The molecule has 84 valence electrons. The van der Waals surface area contributed by atoms with Gasteiger partial charge in [0, 0.05) is 18.1 Å². The van der Waals surface area contributed by atoms with Crippen LogP contribution in [-0.4, -0.2) is 9.36 Å². The molecule has 0 saturated heterocycles. The first kappa shape index (κ1) is 11.3. The van der Waals surface area contributed by atoms with Crippen LogP contribution in [0.15, 0.2) is 18.2 Å². The second kappa shape index (κ2) is 4.76. The van der Waals surface area contributed by atoms with Crippen molar-refractivity contribution in [3.63, 3.8) is 0 Å². The summed E-state index contributed by atoms with van der Waals surface area (Å²) in [6.07, 6.45) is 0. The van der Waals surface area contributed by atoms with E-state index in [9.17, 15) is 4.39 Å². The number of halogens is 2. The zero-order valence-corrected chi connectivity index (χ0v) is 10.1. The molecule has 0 aliphatic heterocycles. The molecule has 0 saturated carbocycles. The number of aryl methyl sites for hydroxylation is 1. The summed E-state index contributed by atoms with van der Waals surface area (Å²) in [6, 6.07) is 4.72. The molecule has 0 radical (unpaired) electrons. The number of anilines is 1. The van der Waals surface area contributed by atoms with Crippen molar-refractivity contribution in [3.8, 4) is 0 Å². The Morgan fingerprint density at radius 1 is 1.50 bits per heavy atom. The zero-order chi connectivity index (χ0) is 11.5. The summed E-state index contributed by atoms with van der Waals surface area (Å²) < 4.78 is 17.2. The van der Waals surface area contributed by atoms with Gasteiger partial charge in [0.25, 0.3) is 0 Å². The monoisotopic (exact) mass is 257 g/mol. The number of nitrogens with zero attached hydrogens (tertiary/aromatic N) is 2. The summed E-state index contributed by atoms with van der Waals surface area (Å²) in [7, 11) is 0. The van der Waals surface area contributed by atoms with Gasteiger partial charge in [-0.2, -0.15) is 4.37 Å². The van der Waals surface area contributed by atoms with Gasteiger partial charge in [-0.15, -0.1) is 0 Å². The van der Waals surface area contributed by atoms with E-state index >= 15 is 0 Å². The van der Waals surface area contributed by atoms with Gasteiger partial charge in [0.1, 0.15) is 11.6 Å². The van der Waals surface area contributed by atoms with Crippen molar-refractivity contribution >= 4 is 28.3 Å². The second-order valence-electron chi connectivity index (χ2n) is 3.25. The topological polar surface area (TPSA) is 37.8 Å². The maximum atomic E-state index is 13.1. The van der Waals surface area contributed by atoms with Crippen molar-refractivity contribution in [2.75, 3.05) is 5.32 Å². The van der Waals surface area contributed by atoms with Crippen LogP contribution >= 0.6 is 23.1 Å². The van der Waals surface area contributed by atoms with Crippen molar-refractivity contribution in [1.82, 2.24) is 9.36 Å². The molecule has 1 aromatic carbocycles. The van der Waals surface area contributed by atoms with Crippen LogP contribution in [0.5, 0.6) is 0 Å². The molecule has 0 aliphatic rings. The Kier molecular flexibility index (Phi) is 3.36. The quantitative estimate of drug-likeness (QED) is 0.917. The Balaban J connectivity index is 2.02. The van der Waals surface area contributed by atoms with Gasteiger partial charge in [0.15, 0.2) is 0 Å². The molecule has 6 heteroatoms. The van der Waals surface area contributed by atoms with Gasteiger partial charge in [-0.3, -0.25) is 0 Å². The van der Waals surface area contributed by atoms with Crippen LogP contribution in [0.25, 0.3) is 0 Å². The molecule has 3 nitrogen and oxygen atoms in total. The number of nitrogens with one attached hydrogen (secondary N) is 1. The van der Waals surface area contributed by atoms with E-state index in [2.05, 4.69) is 14.7 Å². The highest BCUT2D eigenvalue weighted by Crippen LogP contribution is 2.17. The molecule has 0 spiro atoms. The number of aromatic nitrogens is 2. The minimum Gasteiger partial charge on any atom is -0.356 e. The van der Waals surface area contributed by atoms with Crippen LogP contribution in [0, 0.1) is 12.7 Å². The Hall–Kier alpha value is -1.20. The fourth-order valence-electron chi connectivity index (χ4n) is 1.20. The first-order chi connectivity index (χ1) is 7.65. The molecule has 1 N–H and O–H groups in total. The normalized spacial score (nSPS) is 10.4. The molecule has 0 fully saturated rings. The Bertz CT molecular complexity index is 501. The van der Waals surface area contributed by atoms with E-state index in [1.54, 1.807) is 12.1 Å². The Morgan fingerprint density at radius 2 is 2.31 bits per heavy atom. The molecule has 1 heterocycles. The van der Waals surface area contributed by atoms with Crippen molar-refractivity contribution in [2.45, 2.75) is 13.5 Å². The van der Waals surface area contributed by atoms with E-state index in [4.69, 9.17) is 11.6 Å². The lowest BCUT2D eigenvalue weighted by atomic mass is 10.2. The summed E-state index contributed by atoms with van der Waals surface area (Å²) in [5.41, 5.74) is 0.815. The van der Waals surface area contributed by atoms with E-state index in [-0.39, 0.29) is 5.02 Å². The highest BCUT2D eigenvalue weighted by atomic mass is 35.5. The van der Waals surface area contributed by atoms with Crippen LogP contribution in [0.3, 0.4) is 0 Å². The number of hydrogen-bond acceptors (Lipinski definition) is 4. The minimum atomic E-state index is -0.408. The molecule has 2 aromatic rings. The largest absolute Gasteiger partial charge is 0.356 e. The van der Waals surface area contributed by atoms with E-state index in [1.807, 2.05) is 6.92 Å². The van der Waals surface area contributed by atoms with Crippen LogP contribution in [0.2, 0.25) is 5.02 Å². The van der Waals surface area contributed by atoms with Gasteiger partial charge < -0.3 is 5.32 Å². The molecule has 16 heavy (non-hydrogen) atoms. The molecular formula is C10H9ClFN3S. The highest BCUT2D eigenvalue weighted by molar-refractivity contribution is 7.09. The van der Waals surface area contributed by atoms with E-state index < -0.39 is 5.82 Å². The molecular weight excluding hydrogens is 249 g/mol. The average molecular weight is 258 g/mol. The second-order valence-corrected chi connectivity index (χ2v) is 4.41. The lowest BCUT2D eigenvalue weighted by Gasteiger charge is -2.03. The van der Waals surface area contributed by atoms with Crippen LogP contribution in [0.1, 0.15) is 11.4 Å². The van der Waals surface area contributed by atoms with Gasteiger partial charge in [-0.1, -0.05) is 17.7 Å². The molecule has 0 amide bonds. The van der Waals surface area contributed by atoms with Gasteiger partial charge in [0.05, 0.1) is 5.02 Å².